The maximum absolute atomic E-state index is 5.66. The fourth-order valence-corrected chi connectivity index (χ4v) is 2.53. The van der Waals surface area contributed by atoms with Crippen LogP contribution >= 0.6 is 11.7 Å². The Labute approximate surface area is 123 Å². The van der Waals surface area contributed by atoms with Gasteiger partial charge in [0.15, 0.2) is 0 Å². The molecule has 6 nitrogen and oxygen atoms in total. The molecular formula is C13H21N3O3S. The molecule has 7 heteroatoms. The van der Waals surface area contributed by atoms with Gasteiger partial charge in [-0.3, -0.25) is 0 Å². The molecule has 0 aromatic carbocycles. The Morgan fingerprint density at radius 2 is 2.15 bits per heavy atom. The van der Waals surface area contributed by atoms with Crippen LogP contribution in [0.15, 0.2) is 6.08 Å². The molecule has 1 atom stereocenters. The molecular weight excluding hydrogens is 278 g/mol. The summed E-state index contributed by atoms with van der Waals surface area (Å²) in [5, 5.41) is 3.41. The van der Waals surface area contributed by atoms with Crippen LogP contribution in [-0.2, 0) is 9.47 Å². The summed E-state index contributed by atoms with van der Waals surface area (Å²) >= 11 is 1.18. The lowest BCUT2D eigenvalue weighted by Gasteiger charge is -2.21. The minimum atomic E-state index is 0.285. The van der Waals surface area contributed by atoms with E-state index in [1.165, 1.54) is 17.3 Å². The van der Waals surface area contributed by atoms with Gasteiger partial charge in [-0.25, -0.2) is 0 Å². The number of hydrogen-bond donors (Lipinski definition) is 1. The minimum Gasteiger partial charge on any atom is -0.473 e. The Balaban J connectivity index is 1.84. The van der Waals surface area contributed by atoms with E-state index in [0.717, 1.165) is 18.7 Å². The third-order valence-corrected chi connectivity index (χ3v) is 3.57. The van der Waals surface area contributed by atoms with Gasteiger partial charge in [-0.15, -0.1) is 4.37 Å². The second kappa shape index (κ2) is 8.31. The van der Waals surface area contributed by atoms with E-state index >= 15 is 0 Å². The molecule has 112 valence electrons. The summed E-state index contributed by atoms with van der Waals surface area (Å²) in [5.41, 5.74) is 2.02. The highest BCUT2D eigenvalue weighted by Gasteiger charge is 2.21. The first-order chi connectivity index (χ1) is 9.83. The highest BCUT2D eigenvalue weighted by molar-refractivity contribution is 6.99. The van der Waals surface area contributed by atoms with E-state index in [2.05, 4.69) is 27.1 Å². The first-order valence-corrected chi connectivity index (χ1v) is 7.51. The molecule has 0 spiro atoms. The monoisotopic (exact) mass is 299 g/mol. The van der Waals surface area contributed by atoms with Crippen LogP contribution in [0.25, 0.3) is 5.57 Å². The van der Waals surface area contributed by atoms with Crippen LogP contribution in [0.4, 0.5) is 0 Å². The van der Waals surface area contributed by atoms with Crippen molar-refractivity contribution in [1.29, 1.82) is 0 Å². The van der Waals surface area contributed by atoms with Crippen LogP contribution in [0.1, 0.15) is 19.0 Å². The molecule has 1 N–H and O–H groups in total. The summed E-state index contributed by atoms with van der Waals surface area (Å²) < 4.78 is 24.5. The normalized spacial score (nSPS) is 18.9. The lowest BCUT2D eigenvalue weighted by molar-refractivity contribution is 0.0537. The quantitative estimate of drug-likeness (QED) is 0.731. The van der Waals surface area contributed by atoms with Gasteiger partial charge in [0.05, 0.1) is 31.5 Å². The molecule has 2 heterocycles. The highest BCUT2D eigenvalue weighted by Crippen LogP contribution is 2.28. The molecule has 0 saturated carbocycles. The number of hydrogen-bond acceptors (Lipinski definition) is 7. The van der Waals surface area contributed by atoms with Crippen molar-refractivity contribution in [2.75, 3.05) is 40.1 Å². The zero-order valence-corrected chi connectivity index (χ0v) is 12.7. The Bertz CT molecular complexity index is 436. The fourth-order valence-electron chi connectivity index (χ4n) is 2.01. The maximum Gasteiger partial charge on any atom is 0.253 e. The predicted molar refractivity (Wildman–Crippen MR) is 78.2 cm³/mol. The van der Waals surface area contributed by atoms with Crippen LogP contribution in [0.3, 0.4) is 0 Å². The standard InChI is InChI=1S/C13H21N3O3S/c1-10-11(4-3-5-14-10)12-13(16-20-15-12)19-9-8-18-7-6-17-2/h4,10,14H,3,5-9H2,1-2H3. The molecule has 1 aromatic heterocycles. The van der Waals surface area contributed by atoms with Crippen molar-refractivity contribution in [3.63, 3.8) is 0 Å². The Morgan fingerprint density at radius 3 is 2.95 bits per heavy atom. The molecule has 20 heavy (non-hydrogen) atoms. The summed E-state index contributed by atoms with van der Waals surface area (Å²) in [4.78, 5) is 0. The molecule has 2 rings (SSSR count). The van der Waals surface area contributed by atoms with E-state index in [-0.39, 0.29) is 6.04 Å². The molecule has 1 aliphatic rings. The zero-order chi connectivity index (χ0) is 14.2. The van der Waals surface area contributed by atoms with Gasteiger partial charge >= 0.3 is 0 Å². The van der Waals surface area contributed by atoms with Crippen molar-refractivity contribution in [1.82, 2.24) is 14.1 Å². The van der Waals surface area contributed by atoms with Gasteiger partial charge in [-0.1, -0.05) is 6.08 Å². The Hall–Kier alpha value is -1.02. The second-order valence-electron chi connectivity index (χ2n) is 4.50. The number of methoxy groups -OCH3 is 1. The summed E-state index contributed by atoms with van der Waals surface area (Å²) in [5.74, 6) is 0.604. The molecule has 0 fully saturated rings. The topological polar surface area (TPSA) is 65.5 Å². The van der Waals surface area contributed by atoms with E-state index in [0.29, 0.717) is 32.3 Å². The van der Waals surface area contributed by atoms with Crippen molar-refractivity contribution in [2.24, 2.45) is 0 Å². The van der Waals surface area contributed by atoms with Gasteiger partial charge in [-0.2, -0.15) is 4.37 Å². The predicted octanol–water partition coefficient (Wildman–Crippen LogP) is 1.35. The van der Waals surface area contributed by atoms with E-state index in [9.17, 15) is 0 Å². The Kier molecular flexibility index (Phi) is 6.38. The van der Waals surface area contributed by atoms with Gasteiger partial charge in [0.25, 0.3) is 5.88 Å². The largest absolute Gasteiger partial charge is 0.473 e. The minimum absolute atomic E-state index is 0.285. The van der Waals surface area contributed by atoms with Crippen LogP contribution in [0.5, 0.6) is 5.88 Å². The van der Waals surface area contributed by atoms with Crippen molar-refractivity contribution < 1.29 is 14.2 Å². The molecule has 1 aromatic rings. The summed E-state index contributed by atoms with van der Waals surface area (Å²) in [6.07, 6.45) is 3.22. The molecule has 1 unspecified atom stereocenters. The average Bonchev–Trinajstić information content (AvgIpc) is 2.91. The maximum atomic E-state index is 5.66. The molecule has 1 aliphatic heterocycles. The third-order valence-electron chi connectivity index (χ3n) is 3.06. The smallest absolute Gasteiger partial charge is 0.253 e. The summed E-state index contributed by atoms with van der Waals surface area (Å²) in [6.45, 7) is 5.30. The molecule has 0 bridgehead atoms. The number of ether oxygens (including phenoxy) is 3. The second-order valence-corrected chi connectivity index (χ2v) is 5.02. The average molecular weight is 299 g/mol. The van der Waals surface area contributed by atoms with Crippen molar-refractivity contribution >= 4 is 17.3 Å². The van der Waals surface area contributed by atoms with E-state index < -0.39 is 0 Å². The SMILES string of the molecule is COCCOCCOc1nsnc1C1=CCCNC1C. The Morgan fingerprint density at radius 1 is 1.30 bits per heavy atom. The number of nitrogens with zero attached hydrogens (tertiary/aromatic N) is 2. The lowest BCUT2D eigenvalue weighted by Crippen LogP contribution is -2.31. The summed E-state index contributed by atoms with van der Waals surface area (Å²) in [7, 11) is 1.65. The molecule has 0 saturated heterocycles. The highest BCUT2D eigenvalue weighted by atomic mass is 32.1. The van der Waals surface area contributed by atoms with Gasteiger partial charge in [0.1, 0.15) is 12.3 Å². The van der Waals surface area contributed by atoms with Gasteiger partial charge < -0.3 is 19.5 Å². The number of rotatable bonds is 8. The number of aromatic nitrogens is 2. The van der Waals surface area contributed by atoms with Gasteiger partial charge in [0.2, 0.25) is 0 Å². The summed E-state index contributed by atoms with van der Waals surface area (Å²) in [6, 6.07) is 0.285. The fraction of sp³-hybridized carbons (Fsp3) is 0.692. The van der Waals surface area contributed by atoms with Crippen molar-refractivity contribution in [3.05, 3.63) is 11.8 Å². The molecule has 0 aliphatic carbocycles. The first-order valence-electron chi connectivity index (χ1n) is 6.78. The number of nitrogens with one attached hydrogen (secondary N) is 1. The van der Waals surface area contributed by atoms with Crippen LogP contribution in [-0.4, -0.2) is 54.9 Å². The van der Waals surface area contributed by atoms with Crippen molar-refractivity contribution in [2.45, 2.75) is 19.4 Å². The van der Waals surface area contributed by atoms with Gasteiger partial charge in [0, 0.05) is 13.2 Å². The lowest BCUT2D eigenvalue weighted by atomic mass is 10.0. The van der Waals surface area contributed by atoms with E-state index in [1.54, 1.807) is 7.11 Å². The van der Waals surface area contributed by atoms with Crippen molar-refractivity contribution in [3.8, 4) is 5.88 Å². The van der Waals surface area contributed by atoms with E-state index in [1.807, 2.05) is 0 Å². The molecule has 0 radical (unpaired) electrons. The zero-order valence-electron chi connectivity index (χ0n) is 11.9. The first kappa shape index (κ1) is 15.4. The van der Waals surface area contributed by atoms with Crippen LogP contribution < -0.4 is 10.1 Å². The van der Waals surface area contributed by atoms with Crippen LogP contribution in [0, 0.1) is 0 Å². The third kappa shape index (κ3) is 4.24. The van der Waals surface area contributed by atoms with Crippen LogP contribution in [0.2, 0.25) is 0 Å². The van der Waals surface area contributed by atoms with Gasteiger partial charge in [-0.05, 0) is 25.5 Å². The van der Waals surface area contributed by atoms with E-state index in [4.69, 9.17) is 14.2 Å². The molecule has 0 amide bonds.